The van der Waals surface area contributed by atoms with Crippen molar-refractivity contribution >= 4 is 52.6 Å². The van der Waals surface area contributed by atoms with Crippen molar-refractivity contribution in [2.75, 3.05) is 0 Å². The Morgan fingerprint density at radius 1 is 1.00 bits per heavy atom. The molecule has 0 unspecified atom stereocenters. The minimum atomic E-state index is 0.0444. The van der Waals surface area contributed by atoms with Crippen molar-refractivity contribution in [3.63, 3.8) is 0 Å². The van der Waals surface area contributed by atoms with E-state index >= 15 is 0 Å². The maximum Gasteiger partial charge on any atom is 0.0554 e. The van der Waals surface area contributed by atoms with E-state index in [1.54, 1.807) is 0 Å². The molecule has 48 valence electrons. The van der Waals surface area contributed by atoms with Crippen molar-refractivity contribution in [3.8, 4) is 0 Å². The van der Waals surface area contributed by atoms with Gasteiger partial charge >= 0.3 is 0 Å². The van der Waals surface area contributed by atoms with Crippen LogP contribution in [0.15, 0.2) is 30.3 Å². The third kappa shape index (κ3) is 2.68. The fourth-order valence-electron chi connectivity index (χ4n) is 0.541. The summed E-state index contributed by atoms with van der Waals surface area (Å²) in [6.45, 7) is 0. The van der Waals surface area contributed by atoms with Crippen molar-refractivity contribution in [1.29, 1.82) is 0 Å². The van der Waals surface area contributed by atoms with Gasteiger partial charge < -0.3 is 0 Å². The minimum Gasteiger partial charge on any atom is -0.0622 e. The van der Waals surface area contributed by atoms with Gasteiger partial charge in [0, 0.05) is 0 Å². The van der Waals surface area contributed by atoms with E-state index in [0.717, 1.165) is 0 Å². The first kappa shape index (κ1) is 8.21. The van der Waals surface area contributed by atoms with E-state index < -0.39 is 0 Å². The van der Waals surface area contributed by atoms with E-state index in [9.17, 15) is 0 Å². The van der Waals surface area contributed by atoms with Gasteiger partial charge in [-0.15, -0.1) is 0 Å². The van der Waals surface area contributed by atoms with Crippen LogP contribution in [0.4, 0.5) is 0 Å². The van der Waals surface area contributed by atoms with E-state index in [-0.39, 0.29) is 3.21 Å². The molecule has 0 bridgehead atoms. The molecule has 0 saturated heterocycles. The summed E-state index contributed by atoms with van der Waals surface area (Å²) in [6, 6.07) is 10.6. The molecule has 0 fully saturated rings. The van der Waals surface area contributed by atoms with Gasteiger partial charge in [-0.3, -0.25) is 0 Å². The van der Waals surface area contributed by atoms with Gasteiger partial charge in [0.2, 0.25) is 0 Å². The summed E-state index contributed by atoms with van der Waals surface area (Å²) >= 11 is 4.92. The summed E-state index contributed by atoms with van der Waals surface area (Å²) in [5.41, 5.74) is 0. The van der Waals surface area contributed by atoms with E-state index in [0.29, 0.717) is 0 Å². The predicted molar refractivity (Wildman–Crippen MR) is 61.0 cm³/mol. The highest BCUT2D eigenvalue weighted by Crippen LogP contribution is 2.51. The smallest absolute Gasteiger partial charge is 0.0554 e. The van der Waals surface area contributed by atoms with E-state index in [1.807, 2.05) is 0 Å². The highest BCUT2D eigenvalue weighted by Gasteiger charge is 1.97. The van der Waals surface area contributed by atoms with Gasteiger partial charge in [-0.1, -0.05) is 30.3 Å². The Labute approximate surface area is 82.1 Å². The van der Waals surface area contributed by atoms with Crippen LogP contribution < -0.4 is 5.30 Å². The molecule has 1 rings (SSSR count). The molecule has 3 heteroatoms. The fourth-order valence-corrected chi connectivity index (χ4v) is 2.87. The molecule has 1 aromatic rings. The van der Waals surface area contributed by atoms with Gasteiger partial charge in [0.15, 0.2) is 0 Å². The van der Waals surface area contributed by atoms with Crippen LogP contribution in [-0.4, -0.2) is 0 Å². The average Bonchev–Trinajstić information content (AvgIpc) is 1.90. The zero-order valence-electron chi connectivity index (χ0n) is 4.59. The van der Waals surface area contributed by atoms with Crippen LogP contribution >= 0.6 is 47.3 Å². The van der Waals surface area contributed by atoms with Gasteiger partial charge in [0.1, 0.15) is 0 Å². The summed E-state index contributed by atoms with van der Waals surface area (Å²) in [6.07, 6.45) is 0. The first-order valence-electron chi connectivity index (χ1n) is 2.47. The summed E-state index contributed by atoms with van der Waals surface area (Å²) in [7, 11) is 0. The summed E-state index contributed by atoms with van der Waals surface area (Å²) in [5.74, 6) is 0. The largest absolute Gasteiger partial charge is 0.0622 e. The average molecular weight is 362 g/mol. The minimum absolute atomic E-state index is 0.0444. The number of benzene rings is 1. The first-order chi connectivity index (χ1) is 4.30. The maximum atomic E-state index is 2.46. The quantitative estimate of drug-likeness (QED) is 0.530. The third-order valence-electron chi connectivity index (χ3n) is 0.951. The molecule has 0 saturated carbocycles. The Morgan fingerprint density at radius 3 is 1.89 bits per heavy atom. The van der Waals surface area contributed by atoms with Crippen molar-refractivity contribution in [1.82, 2.24) is 0 Å². The van der Waals surface area contributed by atoms with Crippen LogP contribution in [-0.2, 0) is 0 Å². The molecule has 1 aromatic carbocycles. The molecule has 0 radical (unpaired) electrons. The number of halogens is 2. The van der Waals surface area contributed by atoms with Crippen LogP contribution in [0.25, 0.3) is 0 Å². The second-order valence-electron chi connectivity index (χ2n) is 1.57. The van der Waals surface area contributed by atoms with Crippen LogP contribution in [0.1, 0.15) is 0 Å². The molecule has 0 spiro atoms. The van der Waals surface area contributed by atoms with Gasteiger partial charge in [0.05, 0.1) is 3.21 Å². The van der Waals surface area contributed by atoms with E-state index in [1.165, 1.54) is 5.30 Å². The van der Waals surface area contributed by atoms with Crippen LogP contribution in [0.2, 0.25) is 0 Å². The van der Waals surface area contributed by atoms with Gasteiger partial charge in [-0.05, 0) is 49.4 Å². The lowest BCUT2D eigenvalue weighted by molar-refractivity contribution is 1.78. The van der Waals surface area contributed by atoms with Crippen molar-refractivity contribution in [3.05, 3.63) is 30.3 Å². The topological polar surface area (TPSA) is 0 Å². The molecule has 0 aliphatic rings. The van der Waals surface area contributed by atoms with Gasteiger partial charge in [-0.25, -0.2) is 0 Å². The predicted octanol–water partition coefficient (Wildman–Crippen LogP) is 3.49. The highest BCUT2D eigenvalue weighted by atomic mass is 127. The SMILES string of the molecule is IP(I)c1ccccc1. The maximum absolute atomic E-state index is 2.46. The Bertz CT molecular complexity index is 174. The summed E-state index contributed by atoms with van der Waals surface area (Å²) in [5, 5.41) is 1.45. The lowest BCUT2D eigenvalue weighted by Crippen LogP contribution is -1.89. The summed E-state index contributed by atoms with van der Waals surface area (Å²) in [4.78, 5) is 0. The summed E-state index contributed by atoms with van der Waals surface area (Å²) < 4.78 is 0.0444. The molecule has 0 nitrogen and oxygen atoms in total. The number of rotatable bonds is 1. The second-order valence-corrected chi connectivity index (χ2v) is 13.9. The second kappa shape index (κ2) is 4.09. The number of hydrogen-bond acceptors (Lipinski definition) is 0. The molecule has 0 aliphatic heterocycles. The fraction of sp³-hybridized carbons (Fsp3) is 0. The normalized spacial score (nSPS) is 10.1. The molecule has 0 amide bonds. The molecule has 0 N–H and O–H groups in total. The molecule has 0 aliphatic carbocycles. The van der Waals surface area contributed by atoms with E-state index in [4.69, 9.17) is 0 Å². The molecular weight excluding hydrogens is 357 g/mol. The van der Waals surface area contributed by atoms with Crippen molar-refractivity contribution in [2.24, 2.45) is 0 Å². The van der Waals surface area contributed by atoms with E-state index in [2.05, 4.69) is 74.4 Å². The Hall–Kier alpha value is 1.11. The Balaban J connectivity index is 2.85. The molecular formula is C6H5I2P. The highest BCUT2D eigenvalue weighted by molar-refractivity contribution is 14.3. The standard InChI is InChI=1S/C6H5I2P/c7-9(8)6-4-2-1-3-5-6/h1-5H. The first-order valence-corrected chi connectivity index (χ1v) is 9.38. The Morgan fingerprint density at radius 2 is 1.56 bits per heavy atom. The van der Waals surface area contributed by atoms with Crippen LogP contribution in [0, 0.1) is 0 Å². The van der Waals surface area contributed by atoms with Crippen LogP contribution in [0.5, 0.6) is 0 Å². The third-order valence-corrected chi connectivity index (χ3v) is 4.98. The van der Waals surface area contributed by atoms with Gasteiger partial charge in [0.25, 0.3) is 0 Å². The molecule has 0 atom stereocenters. The molecule has 0 aromatic heterocycles. The van der Waals surface area contributed by atoms with Crippen LogP contribution in [0.3, 0.4) is 0 Å². The van der Waals surface area contributed by atoms with Crippen molar-refractivity contribution < 1.29 is 0 Å². The van der Waals surface area contributed by atoms with Gasteiger partial charge in [-0.2, -0.15) is 0 Å². The zero-order chi connectivity index (χ0) is 6.69. The Kier molecular flexibility index (Phi) is 3.73. The number of hydrogen-bond donors (Lipinski definition) is 0. The molecule has 0 heterocycles. The lowest BCUT2D eigenvalue weighted by Gasteiger charge is -1.97. The van der Waals surface area contributed by atoms with Crippen molar-refractivity contribution in [2.45, 2.75) is 0 Å². The lowest BCUT2D eigenvalue weighted by atomic mass is 10.4. The monoisotopic (exact) mass is 362 g/mol. The zero-order valence-corrected chi connectivity index (χ0v) is 9.80. The molecule has 9 heavy (non-hydrogen) atoms.